The number of esters is 1. The van der Waals surface area contributed by atoms with Crippen LogP contribution in [0.25, 0.3) is 0 Å². The highest BCUT2D eigenvalue weighted by Gasteiger charge is 2.11. The van der Waals surface area contributed by atoms with Crippen LogP contribution in [0.1, 0.15) is 15.9 Å². The lowest BCUT2D eigenvalue weighted by Crippen LogP contribution is -2.05. The molecule has 6 heteroatoms. The fourth-order valence-corrected chi connectivity index (χ4v) is 2.16. The molecule has 2 rings (SSSR count). The number of ether oxygens (including phenoxy) is 1. The van der Waals surface area contributed by atoms with Gasteiger partial charge in [-0.2, -0.15) is 0 Å². The number of aromatic hydroxyl groups is 1. The number of anilines is 1. The number of nitrogens with one attached hydrogen (secondary N) is 1. The summed E-state index contributed by atoms with van der Waals surface area (Å²) in [5, 5.41) is 13.1. The molecule has 2 N–H and O–H groups in total. The minimum absolute atomic E-state index is 0.0416. The first-order valence-corrected chi connectivity index (χ1v) is 6.86. The summed E-state index contributed by atoms with van der Waals surface area (Å²) in [4.78, 5) is 11.6. The average molecular weight is 326 g/mol. The molecule has 2 aromatic carbocycles. The van der Waals surface area contributed by atoms with Crippen molar-refractivity contribution in [1.82, 2.24) is 0 Å². The van der Waals surface area contributed by atoms with Gasteiger partial charge in [0.1, 0.15) is 5.75 Å². The Morgan fingerprint density at radius 2 is 1.95 bits per heavy atom. The van der Waals surface area contributed by atoms with Gasteiger partial charge in [0.15, 0.2) is 0 Å². The van der Waals surface area contributed by atoms with Crippen LogP contribution in [0.15, 0.2) is 36.4 Å². The van der Waals surface area contributed by atoms with E-state index in [0.717, 1.165) is 11.3 Å². The van der Waals surface area contributed by atoms with Gasteiger partial charge in [0, 0.05) is 12.2 Å². The highest BCUT2D eigenvalue weighted by Crippen LogP contribution is 2.25. The topological polar surface area (TPSA) is 58.6 Å². The molecule has 0 radical (unpaired) electrons. The van der Waals surface area contributed by atoms with E-state index in [2.05, 4.69) is 10.1 Å². The van der Waals surface area contributed by atoms with Crippen LogP contribution in [-0.2, 0) is 11.3 Å². The number of phenolic OH excluding ortho intramolecular Hbond substituents is 1. The third-order valence-electron chi connectivity index (χ3n) is 2.88. The number of carbonyl (C=O) groups is 1. The molecule has 2 aromatic rings. The first-order chi connectivity index (χ1) is 10.0. The Bertz CT molecular complexity index is 674. The molecule has 0 spiro atoms. The molecule has 0 fully saturated rings. The Morgan fingerprint density at radius 1 is 1.19 bits per heavy atom. The second-order valence-corrected chi connectivity index (χ2v) is 5.14. The Hall–Kier alpha value is -1.91. The standard InChI is InChI=1S/C15H13Cl2NO3/c1-21-15(20)11-7-10(3-4-12(11)16)18-8-9-2-5-14(19)13(17)6-9/h2-7,18-19H,8H2,1H3. The van der Waals surface area contributed by atoms with Crippen molar-refractivity contribution < 1.29 is 14.6 Å². The molecule has 0 atom stereocenters. The van der Waals surface area contributed by atoms with E-state index >= 15 is 0 Å². The molecular formula is C15H13Cl2NO3. The van der Waals surface area contributed by atoms with Gasteiger partial charge in [-0.3, -0.25) is 0 Å². The zero-order chi connectivity index (χ0) is 15.4. The summed E-state index contributed by atoms with van der Waals surface area (Å²) < 4.78 is 4.67. The predicted molar refractivity (Wildman–Crippen MR) is 83.2 cm³/mol. The maximum Gasteiger partial charge on any atom is 0.339 e. The van der Waals surface area contributed by atoms with Crippen molar-refractivity contribution in [2.75, 3.05) is 12.4 Å². The molecule has 0 aliphatic heterocycles. The number of hydrogen-bond donors (Lipinski definition) is 2. The third kappa shape index (κ3) is 3.80. The first kappa shape index (κ1) is 15.5. The summed E-state index contributed by atoms with van der Waals surface area (Å²) in [7, 11) is 1.30. The summed E-state index contributed by atoms with van der Waals surface area (Å²) in [5.74, 6) is -0.448. The van der Waals surface area contributed by atoms with Gasteiger partial charge in [-0.15, -0.1) is 0 Å². The average Bonchev–Trinajstić information content (AvgIpc) is 2.49. The summed E-state index contributed by atoms with van der Waals surface area (Å²) >= 11 is 11.8. The number of hydrogen-bond acceptors (Lipinski definition) is 4. The molecule has 0 unspecified atom stereocenters. The van der Waals surface area contributed by atoms with E-state index < -0.39 is 5.97 Å². The van der Waals surface area contributed by atoms with Gasteiger partial charge in [0.25, 0.3) is 0 Å². The van der Waals surface area contributed by atoms with Crippen molar-refractivity contribution in [2.24, 2.45) is 0 Å². The Balaban J connectivity index is 2.13. The maximum absolute atomic E-state index is 11.6. The second-order valence-electron chi connectivity index (χ2n) is 4.33. The highest BCUT2D eigenvalue weighted by molar-refractivity contribution is 6.33. The number of carbonyl (C=O) groups excluding carboxylic acids is 1. The molecule has 21 heavy (non-hydrogen) atoms. The summed E-state index contributed by atoms with van der Waals surface area (Å²) in [6, 6.07) is 9.96. The van der Waals surface area contributed by atoms with Gasteiger partial charge >= 0.3 is 5.97 Å². The quantitative estimate of drug-likeness (QED) is 0.831. The van der Waals surface area contributed by atoms with E-state index in [4.69, 9.17) is 23.2 Å². The molecule has 0 bridgehead atoms. The highest BCUT2D eigenvalue weighted by atomic mass is 35.5. The van der Waals surface area contributed by atoms with Crippen molar-refractivity contribution in [2.45, 2.75) is 6.54 Å². The lowest BCUT2D eigenvalue weighted by atomic mass is 10.1. The van der Waals surface area contributed by atoms with E-state index in [-0.39, 0.29) is 5.75 Å². The number of rotatable bonds is 4. The fraction of sp³-hybridized carbons (Fsp3) is 0.133. The Kier molecular flexibility index (Phi) is 4.94. The zero-order valence-corrected chi connectivity index (χ0v) is 12.7. The van der Waals surface area contributed by atoms with Crippen LogP contribution in [0.3, 0.4) is 0 Å². The largest absolute Gasteiger partial charge is 0.506 e. The maximum atomic E-state index is 11.6. The van der Waals surface area contributed by atoms with Crippen molar-refractivity contribution in [3.05, 3.63) is 57.6 Å². The monoisotopic (exact) mass is 325 g/mol. The number of phenols is 1. The van der Waals surface area contributed by atoms with Gasteiger partial charge < -0.3 is 15.2 Å². The van der Waals surface area contributed by atoms with E-state index in [9.17, 15) is 9.90 Å². The van der Waals surface area contributed by atoms with Crippen molar-refractivity contribution in [3.63, 3.8) is 0 Å². The molecule has 0 saturated heterocycles. The van der Waals surface area contributed by atoms with Crippen LogP contribution in [0.4, 0.5) is 5.69 Å². The van der Waals surface area contributed by atoms with Crippen LogP contribution >= 0.6 is 23.2 Å². The normalized spacial score (nSPS) is 10.2. The molecule has 0 aromatic heterocycles. The Morgan fingerprint density at radius 3 is 2.62 bits per heavy atom. The molecule has 0 amide bonds. The molecule has 110 valence electrons. The number of halogens is 2. The van der Waals surface area contributed by atoms with Crippen molar-refractivity contribution in [1.29, 1.82) is 0 Å². The Labute approximate surface area is 132 Å². The first-order valence-electron chi connectivity index (χ1n) is 6.10. The van der Waals surface area contributed by atoms with Gasteiger partial charge in [0.05, 0.1) is 22.7 Å². The minimum Gasteiger partial charge on any atom is -0.506 e. The van der Waals surface area contributed by atoms with Crippen molar-refractivity contribution >= 4 is 34.9 Å². The number of methoxy groups -OCH3 is 1. The second kappa shape index (κ2) is 6.70. The minimum atomic E-state index is -0.490. The van der Waals surface area contributed by atoms with E-state index in [1.54, 1.807) is 30.3 Å². The molecule has 4 nitrogen and oxygen atoms in total. The van der Waals surface area contributed by atoms with Gasteiger partial charge in [-0.05, 0) is 35.9 Å². The smallest absolute Gasteiger partial charge is 0.339 e. The third-order valence-corrected chi connectivity index (χ3v) is 3.51. The van der Waals surface area contributed by atoms with Crippen molar-refractivity contribution in [3.8, 4) is 5.75 Å². The molecule has 0 heterocycles. The molecular weight excluding hydrogens is 313 g/mol. The summed E-state index contributed by atoms with van der Waals surface area (Å²) in [6.45, 7) is 0.488. The zero-order valence-electron chi connectivity index (χ0n) is 11.2. The SMILES string of the molecule is COC(=O)c1cc(NCc2ccc(O)c(Cl)c2)ccc1Cl. The molecule has 0 aliphatic carbocycles. The molecule has 0 aliphatic rings. The fourth-order valence-electron chi connectivity index (χ4n) is 1.77. The van der Waals surface area contributed by atoms with E-state index in [1.807, 2.05) is 0 Å². The van der Waals surface area contributed by atoms with Crippen LogP contribution < -0.4 is 5.32 Å². The van der Waals surface area contributed by atoms with Gasteiger partial charge in [0.2, 0.25) is 0 Å². The van der Waals surface area contributed by atoms with E-state index in [1.165, 1.54) is 13.2 Å². The predicted octanol–water partition coefficient (Wildman–Crippen LogP) is 4.10. The lowest BCUT2D eigenvalue weighted by Gasteiger charge is -2.10. The van der Waals surface area contributed by atoms with Gasteiger partial charge in [-0.25, -0.2) is 4.79 Å². The van der Waals surface area contributed by atoms with E-state index in [0.29, 0.717) is 22.2 Å². The van der Waals surface area contributed by atoms with Crippen LogP contribution in [0, 0.1) is 0 Å². The van der Waals surface area contributed by atoms with Crippen LogP contribution in [-0.4, -0.2) is 18.2 Å². The summed E-state index contributed by atoms with van der Waals surface area (Å²) in [6.07, 6.45) is 0. The number of benzene rings is 2. The van der Waals surface area contributed by atoms with Gasteiger partial charge in [-0.1, -0.05) is 29.3 Å². The summed E-state index contributed by atoms with van der Waals surface area (Å²) in [5.41, 5.74) is 1.92. The van der Waals surface area contributed by atoms with Crippen LogP contribution in [0.2, 0.25) is 10.0 Å². The lowest BCUT2D eigenvalue weighted by molar-refractivity contribution is 0.0601. The van der Waals surface area contributed by atoms with Crippen LogP contribution in [0.5, 0.6) is 5.75 Å². The molecule has 0 saturated carbocycles.